The van der Waals surface area contributed by atoms with Gasteiger partial charge in [-0.2, -0.15) is 13.2 Å². The van der Waals surface area contributed by atoms with Crippen LogP contribution < -0.4 is 5.32 Å². The molecule has 0 unspecified atom stereocenters. The van der Waals surface area contributed by atoms with Crippen molar-refractivity contribution in [3.05, 3.63) is 35.4 Å². The predicted octanol–water partition coefficient (Wildman–Crippen LogP) is 2.38. The second-order valence-electron chi connectivity index (χ2n) is 4.31. The molecule has 1 amide bonds. The van der Waals surface area contributed by atoms with Crippen molar-refractivity contribution < 1.29 is 27.9 Å². The zero-order valence-corrected chi connectivity index (χ0v) is 10.7. The quantitative estimate of drug-likeness (QED) is 0.874. The summed E-state index contributed by atoms with van der Waals surface area (Å²) in [5, 5.41) is 10.9. The number of hydrogen-bond acceptors (Lipinski definition) is 2. The molecule has 0 aliphatic rings. The molecule has 0 spiro atoms. The number of halogens is 3. The summed E-state index contributed by atoms with van der Waals surface area (Å²) in [6, 6.07) is 4.72. The molecule has 0 fully saturated rings. The molecule has 0 radical (unpaired) electrons. The minimum Gasteiger partial charge on any atom is -0.480 e. The molecule has 0 aliphatic heterocycles. The molecule has 0 heterocycles. The normalized spacial score (nSPS) is 12.8. The first-order valence-corrected chi connectivity index (χ1v) is 5.89. The number of aryl methyl sites for hydroxylation is 1. The maximum Gasteiger partial charge on any atom is 0.389 e. The monoisotopic (exact) mass is 289 g/mol. The number of alkyl halides is 3. The van der Waals surface area contributed by atoms with Crippen LogP contribution in [0.3, 0.4) is 0 Å². The Morgan fingerprint density at radius 1 is 1.30 bits per heavy atom. The maximum atomic E-state index is 12.2. The summed E-state index contributed by atoms with van der Waals surface area (Å²) in [5.41, 5.74) is 0.296. The van der Waals surface area contributed by atoms with Crippen LogP contribution in [0.15, 0.2) is 24.3 Å². The fourth-order valence-corrected chi connectivity index (χ4v) is 1.57. The average Bonchev–Trinajstić information content (AvgIpc) is 2.35. The molecule has 0 saturated carbocycles. The van der Waals surface area contributed by atoms with Crippen LogP contribution in [-0.4, -0.2) is 29.2 Å². The standard InChI is InChI=1S/C13H14F3NO3/c1-8(12(19)20)17-11(18)10-5-3-2-4-9(10)6-7-13(14,15)16/h2-5,8H,6-7H2,1H3,(H,17,18)(H,19,20)/t8-/m0/s1. The molecule has 2 N–H and O–H groups in total. The summed E-state index contributed by atoms with van der Waals surface area (Å²) in [4.78, 5) is 22.5. The van der Waals surface area contributed by atoms with Crippen molar-refractivity contribution >= 4 is 11.9 Å². The third-order valence-electron chi connectivity index (χ3n) is 2.66. The van der Waals surface area contributed by atoms with E-state index in [4.69, 9.17) is 5.11 Å². The van der Waals surface area contributed by atoms with Gasteiger partial charge < -0.3 is 10.4 Å². The molecular formula is C13H14F3NO3. The molecule has 1 aromatic rings. The van der Waals surface area contributed by atoms with Crippen LogP contribution in [0.1, 0.15) is 29.3 Å². The number of nitrogens with one attached hydrogen (secondary N) is 1. The first kappa shape index (κ1) is 16.0. The van der Waals surface area contributed by atoms with E-state index in [0.717, 1.165) is 0 Å². The summed E-state index contributed by atoms with van der Waals surface area (Å²) in [7, 11) is 0. The molecule has 0 saturated heterocycles. The van der Waals surface area contributed by atoms with Gasteiger partial charge in [-0.3, -0.25) is 9.59 Å². The van der Waals surface area contributed by atoms with E-state index in [2.05, 4.69) is 5.32 Å². The molecule has 110 valence electrons. The Balaban J connectivity index is 2.84. The minimum atomic E-state index is -4.31. The maximum absolute atomic E-state index is 12.2. The Morgan fingerprint density at radius 3 is 2.45 bits per heavy atom. The molecule has 1 aromatic carbocycles. The van der Waals surface area contributed by atoms with Crippen molar-refractivity contribution in [2.75, 3.05) is 0 Å². The van der Waals surface area contributed by atoms with Crippen LogP contribution in [-0.2, 0) is 11.2 Å². The van der Waals surface area contributed by atoms with Gasteiger partial charge in [0.05, 0.1) is 0 Å². The lowest BCUT2D eigenvalue weighted by atomic mass is 10.0. The fourth-order valence-electron chi connectivity index (χ4n) is 1.57. The van der Waals surface area contributed by atoms with E-state index in [0.29, 0.717) is 0 Å². The van der Waals surface area contributed by atoms with Gasteiger partial charge in [0.2, 0.25) is 0 Å². The highest BCUT2D eigenvalue weighted by molar-refractivity contribution is 5.97. The second kappa shape index (κ2) is 6.40. The van der Waals surface area contributed by atoms with Gasteiger partial charge in [-0.05, 0) is 25.0 Å². The summed E-state index contributed by atoms with van der Waals surface area (Å²) >= 11 is 0. The smallest absolute Gasteiger partial charge is 0.389 e. The highest BCUT2D eigenvalue weighted by Gasteiger charge is 2.27. The number of hydrogen-bond donors (Lipinski definition) is 2. The van der Waals surface area contributed by atoms with E-state index >= 15 is 0 Å². The van der Waals surface area contributed by atoms with Gasteiger partial charge in [0.1, 0.15) is 6.04 Å². The molecule has 0 aromatic heterocycles. The first-order valence-electron chi connectivity index (χ1n) is 5.89. The van der Waals surface area contributed by atoms with Gasteiger partial charge in [0.15, 0.2) is 0 Å². The van der Waals surface area contributed by atoms with Gasteiger partial charge in [-0.25, -0.2) is 0 Å². The van der Waals surface area contributed by atoms with E-state index in [9.17, 15) is 22.8 Å². The molecular weight excluding hydrogens is 275 g/mol. The summed E-state index contributed by atoms with van der Waals surface area (Å²) in [5.74, 6) is -1.91. The van der Waals surface area contributed by atoms with E-state index in [1.54, 1.807) is 0 Å². The van der Waals surface area contributed by atoms with E-state index < -0.39 is 30.5 Å². The molecule has 20 heavy (non-hydrogen) atoms. The minimum absolute atomic E-state index is 0.0600. The number of amides is 1. The third-order valence-corrected chi connectivity index (χ3v) is 2.66. The number of aliphatic carboxylic acids is 1. The number of carboxylic acids is 1. The average molecular weight is 289 g/mol. The van der Waals surface area contributed by atoms with Crippen LogP contribution >= 0.6 is 0 Å². The predicted molar refractivity (Wildman–Crippen MR) is 65.4 cm³/mol. The summed E-state index contributed by atoms with van der Waals surface area (Å²) in [6.07, 6.45) is -5.67. The van der Waals surface area contributed by atoms with Gasteiger partial charge in [-0.15, -0.1) is 0 Å². The van der Waals surface area contributed by atoms with Crippen LogP contribution in [0.2, 0.25) is 0 Å². The van der Waals surface area contributed by atoms with Gasteiger partial charge >= 0.3 is 12.1 Å². The molecule has 1 atom stereocenters. The number of carboxylic acid groups (broad SMARTS) is 1. The van der Waals surface area contributed by atoms with Gasteiger partial charge in [0, 0.05) is 12.0 Å². The highest BCUT2D eigenvalue weighted by atomic mass is 19.4. The zero-order valence-electron chi connectivity index (χ0n) is 10.7. The SMILES string of the molecule is C[C@H](NC(=O)c1ccccc1CCC(F)(F)F)C(=O)O. The van der Waals surface area contributed by atoms with Crippen molar-refractivity contribution in [2.24, 2.45) is 0 Å². The van der Waals surface area contributed by atoms with Crippen LogP contribution in [0.25, 0.3) is 0 Å². The molecule has 0 bridgehead atoms. The Bertz CT molecular complexity index is 500. The Labute approximate surface area is 113 Å². The van der Waals surface area contributed by atoms with E-state index in [1.165, 1.54) is 31.2 Å². The Hall–Kier alpha value is -2.05. The molecule has 4 nitrogen and oxygen atoms in total. The van der Waals surface area contributed by atoms with Crippen molar-refractivity contribution in [1.29, 1.82) is 0 Å². The topological polar surface area (TPSA) is 66.4 Å². The third kappa shape index (κ3) is 4.91. The summed E-state index contributed by atoms with van der Waals surface area (Å²) in [6.45, 7) is 1.28. The number of carbonyl (C=O) groups excluding carboxylic acids is 1. The van der Waals surface area contributed by atoms with Crippen molar-refractivity contribution in [3.8, 4) is 0 Å². The fraction of sp³-hybridized carbons (Fsp3) is 0.385. The first-order chi connectivity index (χ1) is 9.20. The van der Waals surface area contributed by atoms with Gasteiger partial charge in [-0.1, -0.05) is 18.2 Å². The largest absolute Gasteiger partial charge is 0.480 e. The molecule has 1 rings (SSSR count). The lowest BCUT2D eigenvalue weighted by Gasteiger charge is -2.13. The van der Waals surface area contributed by atoms with Crippen LogP contribution in [0.5, 0.6) is 0 Å². The van der Waals surface area contributed by atoms with Crippen molar-refractivity contribution in [1.82, 2.24) is 5.32 Å². The molecule has 0 aliphatic carbocycles. The zero-order chi connectivity index (χ0) is 15.3. The van der Waals surface area contributed by atoms with Crippen molar-refractivity contribution in [3.63, 3.8) is 0 Å². The summed E-state index contributed by atoms with van der Waals surface area (Å²) < 4.78 is 36.6. The lowest BCUT2D eigenvalue weighted by Crippen LogP contribution is -2.38. The Morgan fingerprint density at radius 2 is 1.90 bits per heavy atom. The highest BCUT2D eigenvalue weighted by Crippen LogP contribution is 2.23. The van der Waals surface area contributed by atoms with Gasteiger partial charge in [0.25, 0.3) is 5.91 Å². The van der Waals surface area contributed by atoms with E-state index in [-0.39, 0.29) is 17.5 Å². The number of carbonyl (C=O) groups is 2. The van der Waals surface area contributed by atoms with Crippen molar-refractivity contribution in [2.45, 2.75) is 32.0 Å². The van der Waals surface area contributed by atoms with Crippen LogP contribution in [0, 0.1) is 0 Å². The Kier molecular flexibility index (Phi) is 5.12. The number of benzene rings is 1. The second-order valence-corrected chi connectivity index (χ2v) is 4.31. The lowest BCUT2D eigenvalue weighted by molar-refractivity contribution is -0.138. The number of rotatable bonds is 5. The molecule has 7 heteroatoms. The van der Waals surface area contributed by atoms with E-state index in [1.807, 2.05) is 0 Å². The van der Waals surface area contributed by atoms with Crippen LogP contribution in [0.4, 0.5) is 13.2 Å².